The van der Waals surface area contributed by atoms with Crippen molar-refractivity contribution in [1.82, 2.24) is 0 Å². The molecule has 1 aromatic carbocycles. The van der Waals surface area contributed by atoms with E-state index in [-0.39, 0.29) is 5.69 Å². The Kier molecular flexibility index (Phi) is 3.99. The molecule has 19 heavy (non-hydrogen) atoms. The lowest BCUT2D eigenvalue weighted by Crippen LogP contribution is -2.36. The van der Waals surface area contributed by atoms with Crippen LogP contribution in [-0.4, -0.2) is 17.3 Å². The highest BCUT2D eigenvalue weighted by Gasteiger charge is 2.32. The van der Waals surface area contributed by atoms with Gasteiger partial charge in [0.2, 0.25) is 0 Å². The molecular weight excluding hydrogens is 262 g/mol. The Morgan fingerprint density at radius 2 is 1.84 bits per heavy atom. The van der Waals surface area contributed by atoms with Crippen molar-refractivity contribution in [2.45, 2.75) is 44.0 Å². The maximum atomic E-state index is 13.5. The van der Waals surface area contributed by atoms with Crippen molar-refractivity contribution in [3.8, 4) is 0 Å². The summed E-state index contributed by atoms with van der Waals surface area (Å²) in [6.45, 7) is 0. The summed E-state index contributed by atoms with van der Waals surface area (Å²) in [5, 5.41) is 12.4. The van der Waals surface area contributed by atoms with E-state index in [1.807, 2.05) is 0 Å². The zero-order valence-corrected chi connectivity index (χ0v) is 10.2. The number of aliphatic hydroxyl groups excluding tert-OH is 1. The van der Waals surface area contributed by atoms with Crippen LogP contribution in [0.5, 0.6) is 0 Å². The largest absolute Gasteiger partial charge is 0.416 e. The molecule has 106 valence electrons. The van der Waals surface area contributed by atoms with Crippen LogP contribution in [0.15, 0.2) is 18.2 Å². The molecular formula is C13H15F4NO. The Balaban J connectivity index is 2.19. The highest BCUT2D eigenvalue weighted by molar-refractivity contribution is 5.49. The molecule has 0 aliphatic heterocycles. The van der Waals surface area contributed by atoms with Crippen molar-refractivity contribution in [3.63, 3.8) is 0 Å². The number of rotatable bonds is 2. The molecule has 2 N–H and O–H groups in total. The minimum Gasteiger partial charge on any atom is -0.391 e. The van der Waals surface area contributed by atoms with E-state index in [9.17, 15) is 22.7 Å². The van der Waals surface area contributed by atoms with Gasteiger partial charge < -0.3 is 10.4 Å². The van der Waals surface area contributed by atoms with Crippen LogP contribution < -0.4 is 5.32 Å². The fourth-order valence-corrected chi connectivity index (χ4v) is 2.29. The van der Waals surface area contributed by atoms with Crippen LogP contribution in [-0.2, 0) is 6.18 Å². The van der Waals surface area contributed by atoms with E-state index >= 15 is 0 Å². The number of anilines is 1. The van der Waals surface area contributed by atoms with Crippen LogP contribution in [0.2, 0.25) is 0 Å². The quantitative estimate of drug-likeness (QED) is 0.810. The summed E-state index contributed by atoms with van der Waals surface area (Å²) in [6.07, 6.45) is -2.20. The van der Waals surface area contributed by atoms with E-state index in [1.54, 1.807) is 0 Å². The first-order valence-electron chi connectivity index (χ1n) is 6.19. The number of nitrogens with one attached hydrogen (secondary N) is 1. The summed E-state index contributed by atoms with van der Waals surface area (Å²) in [4.78, 5) is 0. The minimum atomic E-state index is -4.50. The lowest BCUT2D eigenvalue weighted by molar-refractivity contribution is -0.137. The van der Waals surface area contributed by atoms with Gasteiger partial charge in [-0.2, -0.15) is 13.2 Å². The molecule has 1 aliphatic carbocycles. The molecule has 0 spiro atoms. The molecule has 0 amide bonds. The van der Waals surface area contributed by atoms with Gasteiger partial charge in [-0.25, -0.2) is 4.39 Å². The molecule has 2 nitrogen and oxygen atoms in total. The summed E-state index contributed by atoms with van der Waals surface area (Å²) in [7, 11) is 0. The Morgan fingerprint density at radius 3 is 2.47 bits per heavy atom. The number of hydrogen-bond acceptors (Lipinski definition) is 2. The maximum absolute atomic E-state index is 13.5. The normalized spacial score (nSPS) is 24.3. The minimum absolute atomic E-state index is 0.208. The number of halogens is 4. The van der Waals surface area contributed by atoms with Gasteiger partial charge in [-0.3, -0.25) is 0 Å². The van der Waals surface area contributed by atoms with Gasteiger partial charge in [-0.15, -0.1) is 0 Å². The second-order valence-corrected chi connectivity index (χ2v) is 4.80. The average molecular weight is 277 g/mol. The third-order valence-electron chi connectivity index (χ3n) is 3.36. The van der Waals surface area contributed by atoms with E-state index in [0.717, 1.165) is 25.0 Å². The van der Waals surface area contributed by atoms with E-state index in [4.69, 9.17) is 0 Å². The van der Waals surface area contributed by atoms with Gasteiger partial charge in [-0.1, -0.05) is 12.8 Å². The fraction of sp³-hybridized carbons (Fsp3) is 0.538. The van der Waals surface area contributed by atoms with Gasteiger partial charge in [0.25, 0.3) is 0 Å². The number of benzene rings is 1. The smallest absolute Gasteiger partial charge is 0.391 e. The number of aliphatic hydroxyl groups is 1. The molecule has 2 atom stereocenters. The van der Waals surface area contributed by atoms with Gasteiger partial charge in [0.15, 0.2) is 0 Å². The first-order chi connectivity index (χ1) is 8.88. The van der Waals surface area contributed by atoms with Crippen LogP contribution in [0.3, 0.4) is 0 Å². The summed E-state index contributed by atoms with van der Waals surface area (Å²) in [5.74, 6) is -0.745. The van der Waals surface area contributed by atoms with Crippen LogP contribution in [0, 0.1) is 5.82 Å². The van der Waals surface area contributed by atoms with E-state index in [2.05, 4.69) is 5.32 Å². The Labute approximate surface area is 108 Å². The predicted octanol–water partition coefficient (Wildman–Crippen LogP) is 3.56. The van der Waals surface area contributed by atoms with Gasteiger partial charge in [0.1, 0.15) is 5.82 Å². The number of hydrogen-bond donors (Lipinski definition) is 2. The summed E-state index contributed by atoms with van der Waals surface area (Å²) >= 11 is 0. The Morgan fingerprint density at radius 1 is 1.16 bits per heavy atom. The first kappa shape index (κ1) is 14.1. The lowest BCUT2D eigenvalue weighted by atomic mass is 9.92. The molecule has 0 unspecified atom stereocenters. The van der Waals surface area contributed by atoms with Crippen molar-refractivity contribution in [2.75, 3.05) is 5.32 Å². The van der Waals surface area contributed by atoms with Gasteiger partial charge in [0.05, 0.1) is 23.4 Å². The second kappa shape index (κ2) is 5.36. The molecule has 0 aromatic heterocycles. The van der Waals surface area contributed by atoms with Crippen molar-refractivity contribution in [2.24, 2.45) is 0 Å². The maximum Gasteiger partial charge on any atom is 0.416 e. The highest BCUT2D eigenvalue weighted by Crippen LogP contribution is 2.32. The molecule has 1 aliphatic rings. The fourth-order valence-electron chi connectivity index (χ4n) is 2.29. The molecule has 0 radical (unpaired) electrons. The van der Waals surface area contributed by atoms with Crippen LogP contribution >= 0.6 is 0 Å². The third kappa shape index (κ3) is 3.37. The van der Waals surface area contributed by atoms with Crippen LogP contribution in [0.1, 0.15) is 31.2 Å². The zero-order chi connectivity index (χ0) is 14.0. The van der Waals surface area contributed by atoms with E-state index in [1.165, 1.54) is 0 Å². The van der Waals surface area contributed by atoms with E-state index in [0.29, 0.717) is 18.9 Å². The van der Waals surface area contributed by atoms with Gasteiger partial charge >= 0.3 is 6.18 Å². The van der Waals surface area contributed by atoms with Crippen molar-refractivity contribution < 1.29 is 22.7 Å². The SMILES string of the molecule is O[C@H]1CCCC[C@@H]1Nc1cc(C(F)(F)F)ccc1F. The standard InChI is InChI=1S/C13H15F4NO/c14-9-6-5-8(13(15,16)17)7-11(9)18-10-3-1-2-4-12(10)19/h5-7,10,12,18-19H,1-4H2/t10-,12-/m0/s1. The van der Waals surface area contributed by atoms with Crippen molar-refractivity contribution in [3.05, 3.63) is 29.6 Å². The average Bonchev–Trinajstić information content (AvgIpc) is 2.33. The first-order valence-corrected chi connectivity index (χ1v) is 6.19. The third-order valence-corrected chi connectivity index (χ3v) is 3.36. The molecule has 6 heteroatoms. The Hall–Kier alpha value is -1.30. The molecule has 0 heterocycles. The monoisotopic (exact) mass is 277 g/mol. The molecule has 0 saturated heterocycles. The Bertz CT molecular complexity index is 447. The summed E-state index contributed by atoms with van der Waals surface area (Å²) < 4.78 is 51.2. The molecule has 2 rings (SSSR count). The topological polar surface area (TPSA) is 32.3 Å². The molecule has 1 fully saturated rings. The zero-order valence-electron chi connectivity index (χ0n) is 10.2. The molecule has 1 aromatic rings. The van der Waals surface area contributed by atoms with Crippen molar-refractivity contribution >= 4 is 5.69 Å². The lowest BCUT2D eigenvalue weighted by Gasteiger charge is -2.29. The van der Waals surface area contributed by atoms with Crippen molar-refractivity contribution in [1.29, 1.82) is 0 Å². The summed E-state index contributed by atoms with van der Waals surface area (Å²) in [5.41, 5.74) is -1.11. The van der Waals surface area contributed by atoms with Crippen LogP contribution in [0.25, 0.3) is 0 Å². The van der Waals surface area contributed by atoms with Gasteiger partial charge in [-0.05, 0) is 31.0 Å². The second-order valence-electron chi connectivity index (χ2n) is 4.80. The summed E-state index contributed by atoms with van der Waals surface area (Å²) in [6, 6.07) is 1.85. The number of alkyl halides is 3. The molecule has 1 saturated carbocycles. The molecule has 0 bridgehead atoms. The van der Waals surface area contributed by atoms with E-state index < -0.39 is 29.7 Å². The van der Waals surface area contributed by atoms with Gasteiger partial charge in [0, 0.05) is 0 Å². The van der Waals surface area contributed by atoms with Crippen LogP contribution in [0.4, 0.5) is 23.2 Å². The predicted molar refractivity (Wildman–Crippen MR) is 63.3 cm³/mol. The highest BCUT2D eigenvalue weighted by atomic mass is 19.4.